The zero-order valence-corrected chi connectivity index (χ0v) is 16.2. The molecule has 0 bridgehead atoms. The molecule has 6 nitrogen and oxygen atoms in total. The van der Waals surface area contributed by atoms with Crippen molar-refractivity contribution in [3.63, 3.8) is 0 Å². The number of fused-ring (bicyclic) bond motifs is 1. The number of hydrogen-bond acceptors (Lipinski definition) is 7. The van der Waals surface area contributed by atoms with Gasteiger partial charge in [0.05, 0.1) is 16.0 Å². The van der Waals surface area contributed by atoms with Gasteiger partial charge in [-0.15, -0.1) is 0 Å². The quantitative estimate of drug-likeness (QED) is 0.743. The van der Waals surface area contributed by atoms with E-state index in [1.54, 1.807) is 18.3 Å². The Morgan fingerprint density at radius 1 is 1.27 bits per heavy atom. The fraction of sp³-hybridized carbons (Fsp3) is 0.444. The molecule has 0 N–H and O–H groups in total. The normalized spacial score (nSPS) is 21.0. The summed E-state index contributed by atoms with van der Waals surface area (Å²) in [6.07, 6.45) is 5.24. The Bertz CT molecular complexity index is 939. The molecule has 0 radical (unpaired) electrons. The number of carbonyl (C=O) groups is 1. The lowest BCUT2D eigenvalue weighted by Crippen LogP contribution is -2.50. The summed E-state index contributed by atoms with van der Waals surface area (Å²) in [7, 11) is -3.34. The van der Waals surface area contributed by atoms with Crippen molar-refractivity contribution >= 4 is 32.1 Å². The molecule has 1 aromatic carbocycles. The van der Waals surface area contributed by atoms with Crippen LogP contribution >= 0.6 is 11.3 Å². The summed E-state index contributed by atoms with van der Waals surface area (Å²) in [5.74, 6) is -0.182. The van der Waals surface area contributed by atoms with Gasteiger partial charge in [-0.05, 0) is 31.5 Å². The Labute approximate surface area is 157 Å². The van der Waals surface area contributed by atoms with Gasteiger partial charge in [-0.25, -0.2) is 13.4 Å². The number of thiazole rings is 1. The number of carbonyl (C=O) groups excluding carboxylic acids is 1. The van der Waals surface area contributed by atoms with Gasteiger partial charge in [-0.1, -0.05) is 23.5 Å². The maximum Gasteiger partial charge on any atom is 0.204 e. The molecule has 2 aliphatic heterocycles. The summed E-state index contributed by atoms with van der Waals surface area (Å²) < 4.78 is 23.4. The molecule has 0 amide bonds. The van der Waals surface area contributed by atoms with Crippen molar-refractivity contribution in [3.8, 4) is 0 Å². The summed E-state index contributed by atoms with van der Waals surface area (Å²) in [6, 6.07) is 6.79. The third-order valence-electron chi connectivity index (χ3n) is 5.10. The van der Waals surface area contributed by atoms with Crippen LogP contribution in [0, 0.1) is 0 Å². The highest BCUT2D eigenvalue weighted by Gasteiger charge is 2.31. The zero-order chi connectivity index (χ0) is 18.3. The summed E-state index contributed by atoms with van der Waals surface area (Å²) in [5.41, 5.74) is 0.378. The lowest BCUT2D eigenvalue weighted by Gasteiger charge is -2.37. The fourth-order valence-electron chi connectivity index (χ4n) is 3.69. The lowest BCUT2D eigenvalue weighted by molar-refractivity contribution is 0.104. The molecule has 1 atom stereocenters. The minimum absolute atomic E-state index is 0.158. The van der Waals surface area contributed by atoms with Gasteiger partial charge >= 0.3 is 0 Å². The second-order valence-electron chi connectivity index (χ2n) is 6.91. The number of hydrogen-bond donors (Lipinski definition) is 0. The van der Waals surface area contributed by atoms with Gasteiger partial charge in [-0.3, -0.25) is 9.69 Å². The van der Waals surface area contributed by atoms with E-state index >= 15 is 0 Å². The number of sulfone groups is 1. The highest BCUT2D eigenvalue weighted by Crippen LogP contribution is 2.29. The second-order valence-corrected chi connectivity index (χ2v) is 9.94. The minimum Gasteiger partial charge on any atom is -0.345 e. The molecule has 1 unspecified atom stereocenters. The van der Waals surface area contributed by atoms with Crippen molar-refractivity contribution in [2.24, 2.45) is 0 Å². The monoisotopic (exact) mass is 391 g/mol. The lowest BCUT2D eigenvalue weighted by atomic mass is 10.1. The predicted octanol–water partition coefficient (Wildman–Crippen LogP) is 2.06. The molecule has 2 aromatic rings. The summed E-state index contributed by atoms with van der Waals surface area (Å²) >= 11 is 1.39. The van der Waals surface area contributed by atoms with Crippen LogP contribution in [0.15, 0.2) is 35.4 Å². The van der Waals surface area contributed by atoms with Crippen LogP contribution in [0.25, 0.3) is 0 Å². The molecule has 0 aliphatic carbocycles. The van der Waals surface area contributed by atoms with Crippen LogP contribution in [0.3, 0.4) is 0 Å². The summed E-state index contributed by atoms with van der Waals surface area (Å²) in [5, 5.41) is 0.874. The van der Waals surface area contributed by atoms with Gasteiger partial charge in [0.1, 0.15) is 0 Å². The van der Waals surface area contributed by atoms with Crippen molar-refractivity contribution < 1.29 is 13.2 Å². The first-order valence-corrected chi connectivity index (χ1v) is 11.4. The number of nitrogens with zero attached hydrogens (tertiary/aromatic N) is 3. The number of ketones is 1. The molecule has 2 saturated heterocycles. The Morgan fingerprint density at radius 3 is 2.92 bits per heavy atom. The van der Waals surface area contributed by atoms with Crippen molar-refractivity contribution in [1.82, 2.24) is 9.88 Å². The smallest absolute Gasteiger partial charge is 0.204 e. The molecule has 26 heavy (non-hydrogen) atoms. The van der Waals surface area contributed by atoms with Crippen molar-refractivity contribution in [2.75, 3.05) is 37.3 Å². The molecule has 2 aliphatic rings. The average molecular weight is 392 g/mol. The van der Waals surface area contributed by atoms with Gasteiger partial charge in [0.15, 0.2) is 15.0 Å². The minimum atomic E-state index is -3.34. The van der Waals surface area contributed by atoms with Gasteiger partial charge in [0.25, 0.3) is 0 Å². The van der Waals surface area contributed by atoms with E-state index in [9.17, 15) is 13.2 Å². The van der Waals surface area contributed by atoms with Crippen LogP contribution < -0.4 is 4.90 Å². The summed E-state index contributed by atoms with van der Waals surface area (Å²) in [4.78, 5) is 22.7. The zero-order valence-electron chi connectivity index (χ0n) is 14.6. The first kappa shape index (κ1) is 17.6. The van der Waals surface area contributed by atoms with Crippen LogP contribution in [0.1, 0.15) is 28.1 Å². The second kappa shape index (κ2) is 6.75. The number of benzene rings is 1. The summed E-state index contributed by atoms with van der Waals surface area (Å²) in [6.45, 7) is 4.13. The Hall–Kier alpha value is -1.77. The first-order valence-electron chi connectivity index (χ1n) is 8.71. The molecule has 8 heteroatoms. The van der Waals surface area contributed by atoms with E-state index in [2.05, 4.69) is 14.8 Å². The number of piperazine rings is 1. The maximum absolute atomic E-state index is 12.8. The Balaban J connectivity index is 1.54. The van der Waals surface area contributed by atoms with Crippen LogP contribution in [0.5, 0.6) is 0 Å². The number of aromatic nitrogens is 1. The molecule has 2 fully saturated rings. The van der Waals surface area contributed by atoms with Crippen molar-refractivity contribution in [2.45, 2.75) is 23.8 Å². The first-order chi connectivity index (χ1) is 12.4. The van der Waals surface area contributed by atoms with Crippen molar-refractivity contribution in [1.29, 1.82) is 0 Å². The highest BCUT2D eigenvalue weighted by molar-refractivity contribution is 7.90. The highest BCUT2D eigenvalue weighted by atomic mass is 32.2. The SMILES string of the molecule is CS(=O)(=O)c1cccc(C(=O)c2cnc(N3CCN4CCCC4C3)s2)c1. The Morgan fingerprint density at radius 2 is 2.12 bits per heavy atom. The fourth-order valence-corrected chi connectivity index (χ4v) is 5.27. The van der Waals surface area contributed by atoms with E-state index in [0.717, 1.165) is 31.0 Å². The predicted molar refractivity (Wildman–Crippen MR) is 102 cm³/mol. The van der Waals surface area contributed by atoms with Gasteiger partial charge in [-0.2, -0.15) is 0 Å². The number of anilines is 1. The molecule has 4 rings (SSSR count). The van der Waals surface area contributed by atoms with Crippen molar-refractivity contribution in [3.05, 3.63) is 40.9 Å². The molecule has 1 aromatic heterocycles. The molecule has 0 spiro atoms. The van der Waals surface area contributed by atoms with Crippen LogP contribution in [-0.2, 0) is 9.84 Å². The average Bonchev–Trinajstić information content (AvgIpc) is 3.29. The maximum atomic E-state index is 12.8. The molecular weight excluding hydrogens is 370 g/mol. The molecule has 138 valence electrons. The standard InChI is InChI=1S/C18H21N3O3S2/c1-26(23,24)15-6-2-4-13(10-15)17(22)16-11-19-18(25-16)21-9-8-20-7-3-5-14(20)12-21/h2,4,6,10-11,14H,3,5,7-9,12H2,1H3. The van der Waals surface area contributed by atoms with Crippen LogP contribution in [0.2, 0.25) is 0 Å². The molecular formula is C18H21N3O3S2. The topological polar surface area (TPSA) is 70.6 Å². The van der Waals surface area contributed by atoms with E-state index in [1.807, 2.05) is 0 Å². The van der Waals surface area contributed by atoms with E-state index in [-0.39, 0.29) is 10.7 Å². The largest absolute Gasteiger partial charge is 0.345 e. The van der Waals surface area contributed by atoms with E-state index < -0.39 is 9.84 Å². The van der Waals surface area contributed by atoms with Gasteiger partial charge in [0.2, 0.25) is 5.78 Å². The molecule has 0 saturated carbocycles. The van der Waals surface area contributed by atoms with E-state index in [0.29, 0.717) is 16.5 Å². The van der Waals surface area contributed by atoms with E-state index in [4.69, 9.17) is 0 Å². The third-order valence-corrected chi connectivity index (χ3v) is 7.27. The van der Waals surface area contributed by atoms with Gasteiger partial charge in [0, 0.05) is 37.5 Å². The van der Waals surface area contributed by atoms with Gasteiger partial charge < -0.3 is 4.90 Å². The molecule has 3 heterocycles. The van der Waals surface area contributed by atoms with Crippen LogP contribution in [0.4, 0.5) is 5.13 Å². The van der Waals surface area contributed by atoms with E-state index in [1.165, 1.54) is 42.9 Å². The van der Waals surface area contributed by atoms with Crippen LogP contribution in [-0.4, -0.2) is 62.6 Å². The Kier molecular flexibility index (Phi) is 4.58. The third kappa shape index (κ3) is 3.41. The number of rotatable bonds is 4.